The van der Waals surface area contributed by atoms with Gasteiger partial charge in [-0.25, -0.2) is 4.79 Å². The lowest BCUT2D eigenvalue weighted by Gasteiger charge is -2.24. The lowest BCUT2D eigenvalue weighted by atomic mass is 10.1. The van der Waals surface area contributed by atoms with Crippen molar-refractivity contribution in [1.29, 1.82) is 0 Å². The SMILES string of the molecule is Cc1c[nH]c2nc(Nc3cnn(C)c3)nc(OC[C@@H]3CCN(C(=O)OC(C)(C)C)C3)c12. The van der Waals surface area contributed by atoms with Crippen molar-refractivity contribution in [2.24, 2.45) is 13.0 Å². The number of nitrogens with one attached hydrogen (secondary N) is 2. The van der Waals surface area contributed by atoms with Gasteiger partial charge in [-0.1, -0.05) is 0 Å². The number of H-pyrrole nitrogens is 1. The largest absolute Gasteiger partial charge is 0.477 e. The average molecular weight is 428 g/mol. The molecule has 1 amide bonds. The number of likely N-dealkylation sites (tertiary alicyclic amines) is 1. The molecule has 0 aromatic carbocycles. The Morgan fingerprint density at radius 1 is 1.35 bits per heavy atom. The number of aryl methyl sites for hydroxylation is 2. The van der Waals surface area contributed by atoms with Gasteiger partial charge in [-0.05, 0) is 39.7 Å². The number of fused-ring (bicyclic) bond motifs is 1. The number of carbonyl (C=O) groups is 1. The van der Waals surface area contributed by atoms with Crippen LogP contribution in [-0.2, 0) is 11.8 Å². The third-order valence-electron chi connectivity index (χ3n) is 5.05. The molecule has 4 rings (SSSR count). The zero-order valence-corrected chi connectivity index (χ0v) is 18.6. The molecule has 2 N–H and O–H groups in total. The lowest BCUT2D eigenvalue weighted by Crippen LogP contribution is -2.35. The van der Waals surface area contributed by atoms with Gasteiger partial charge in [0.2, 0.25) is 11.8 Å². The Morgan fingerprint density at radius 3 is 2.87 bits per heavy atom. The highest BCUT2D eigenvalue weighted by Crippen LogP contribution is 2.29. The first kappa shape index (κ1) is 21.0. The minimum atomic E-state index is -0.498. The van der Waals surface area contributed by atoms with Gasteiger partial charge in [-0.3, -0.25) is 4.68 Å². The summed E-state index contributed by atoms with van der Waals surface area (Å²) in [6.07, 6.45) is 6.03. The number of rotatable bonds is 5. The van der Waals surface area contributed by atoms with Gasteiger partial charge in [-0.2, -0.15) is 15.1 Å². The van der Waals surface area contributed by atoms with Crippen LogP contribution in [0.15, 0.2) is 18.6 Å². The van der Waals surface area contributed by atoms with E-state index in [9.17, 15) is 4.79 Å². The van der Waals surface area contributed by atoms with Crippen molar-refractivity contribution in [3.8, 4) is 5.88 Å². The van der Waals surface area contributed by atoms with Gasteiger partial charge >= 0.3 is 6.09 Å². The Labute approximate surface area is 180 Å². The molecule has 1 aliphatic heterocycles. The van der Waals surface area contributed by atoms with Crippen molar-refractivity contribution in [2.45, 2.75) is 39.7 Å². The number of anilines is 2. The Morgan fingerprint density at radius 2 is 2.16 bits per heavy atom. The van der Waals surface area contributed by atoms with E-state index in [0.29, 0.717) is 37.2 Å². The van der Waals surface area contributed by atoms with Crippen LogP contribution in [0.1, 0.15) is 32.8 Å². The molecule has 31 heavy (non-hydrogen) atoms. The Kier molecular flexibility index (Phi) is 5.47. The zero-order valence-electron chi connectivity index (χ0n) is 18.6. The number of ether oxygens (including phenoxy) is 2. The summed E-state index contributed by atoms with van der Waals surface area (Å²) in [6.45, 7) is 9.34. The maximum absolute atomic E-state index is 12.3. The zero-order chi connectivity index (χ0) is 22.2. The predicted octanol–water partition coefficient (Wildman–Crippen LogP) is 3.38. The summed E-state index contributed by atoms with van der Waals surface area (Å²) in [5.74, 6) is 1.16. The van der Waals surface area contributed by atoms with E-state index in [1.54, 1.807) is 15.8 Å². The second-order valence-electron chi connectivity index (χ2n) is 8.97. The number of aromatic amines is 1. The van der Waals surface area contributed by atoms with E-state index in [2.05, 4.69) is 25.4 Å². The van der Waals surface area contributed by atoms with Crippen LogP contribution in [0.4, 0.5) is 16.4 Å². The van der Waals surface area contributed by atoms with Crippen molar-refractivity contribution in [2.75, 3.05) is 25.0 Å². The quantitative estimate of drug-likeness (QED) is 0.642. The number of hydrogen-bond donors (Lipinski definition) is 2. The fraction of sp³-hybridized carbons (Fsp3) is 0.524. The van der Waals surface area contributed by atoms with Crippen LogP contribution in [-0.4, -0.2) is 61.0 Å². The Bertz CT molecular complexity index is 1080. The predicted molar refractivity (Wildman–Crippen MR) is 117 cm³/mol. The third-order valence-corrected chi connectivity index (χ3v) is 5.05. The fourth-order valence-electron chi connectivity index (χ4n) is 3.58. The van der Waals surface area contributed by atoms with E-state index in [1.807, 2.05) is 47.1 Å². The number of aromatic nitrogens is 5. The van der Waals surface area contributed by atoms with Gasteiger partial charge < -0.3 is 24.7 Å². The van der Waals surface area contributed by atoms with Crippen LogP contribution < -0.4 is 10.1 Å². The highest BCUT2D eigenvalue weighted by molar-refractivity contribution is 5.85. The van der Waals surface area contributed by atoms with Crippen molar-refractivity contribution < 1.29 is 14.3 Å². The minimum Gasteiger partial charge on any atom is -0.477 e. The van der Waals surface area contributed by atoms with E-state index < -0.39 is 5.60 Å². The normalized spacial score (nSPS) is 16.7. The molecule has 0 spiro atoms. The van der Waals surface area contributed by atoms with Crippen molar-refractivity contribution in [3.63, 3.8) is 0 Å². The summed E-state index contributed by atoms with van der Waals surface area (Å²) >= 11 is 0. The van der Waals surface area contributed by atoms with Gasteiger partial charge in [-0.15, -0.1) is 0 Å². The van der Waals surface area contributed by atoms with Crippen LogP contribution in [0.2, 0.25) is 0 Å². The third kappa shape index (κ3) is 4.89. The first-order valence-corrected chi connectivity index (χ1v) is 10.4. The van der Waals surface area contributed by atoms with Crippen LogP contribution in [0.5, 0.6) is 5.88 Å². The van der Waals surface area contributed by atoms with Crippen molar-refractivity contribution >= 4 is 28.8 Å². The fourth-order valence-corrected chi connectivity index (χ4v) is 3.58. The standard InChI is InChI=1S/C21H29N7O3/c1-13-8-22-17-16(13)18(26-19(25-17)24-15-9-23-27(5)11-15)30-12-14-6-7-28(10-14)20(29)31-21(2,3)4/h8-9,11,14H,6-7,10,12H2,1-5H3,(H2,22,24,25,26)/t14-/m1/s1. The second kappa shape index (κ2) is 8.09. The lowest BCUT2D eigenvalue weighted by molar-refractivity contribution is 0.0284. The molecule has 0 unspecified atom stereocenters. The molecule has 166 valence electrons. The minimum absolute atomic E-state index is 0.214. The molecule has 10 heteroatoms. The van der Waals surface area contributed by atoms with Gasteiger partial charge in [0.05, 0.1) is 23.9 Å². The van der Waals surface area contributed by atoms with Gasteiger partial charge in [0.25, 0.3) is 0 Å². The molecule has 0 bridgehead atoms. The van der Waals surface area contributed by atoms with Crippen molar-refractivity contribution in [3.05, 3.63) is 24.2 Å². The van der Waals surface area contributed by atoms with E-state index in [0.717, 1.165) is 23.1 Å². The maximum atomic E-state index is 12.3. The monoisotopic (exact) mass is 427 g/mol. The summed E-state index contributed by atoms with van der Waals surface area (Å²) in [7, 11) is 1.85. The smallest absolute Gasteiger partial charge is 0.410 e. The molecule has 4 heterocycles. The molecule has 3 aromatic heterocycles. The van der Waals surface area contributed by atoms with Gasteiger partial charge in [0, 0.05) is 38.4 Å². The van der Waals surface area contributed by atoms with E-state index in [4.69, 9.17) is 9.47 Å². The topological polar surface area (TPSA) is 110 Å². The number of amides is 1. The molecular formula is C21H29N7O3. The Hall–Kier alpha value is -3.30. The summed E-state index contributed by atoms with van der Waals surface area (Å²) in [6, 6.07) is 0. The van der Waals surface area contributed by atoms with Crippen LogP contribution in [0, 0.1) is 12.8 Å². The molecule has 3 aromatic rings. The highest BCUT2D eigenvalue weighted by Gasteiger charge is 2.30. The molecule has 10 nitrogen and oxygen atoms in total. The molecule has 1 fully saturated rings. The van der Waals surface area contributed by atoms with Crippen LogP contribution in [0.3, 0.4) is 0 Å². The van der Waals surface area contributed by atoms with E-state index in [-0.39, 0.29) is 12.0 Å². The number of hydrogen-bond acceptors (Lipinski definition) is 7. The molecule has 1 aliphatic rings. The molecule has 1 atom stereocenters. The Balaban J connectivity index is 1.45. The maximum Gasteiger partial charge on any atom is 0.410 e. The number of nitrogens with zero attached hydrogens (tertiary/aromatic N) is 5. The van der Waals surface area contributed by atoms with E-state index >= 15 is 0 Å². The van der Waals surface area contributed by atoms with E-state index in [1.165, 1.54) is 0 Å². The van der Waals surface area contributed by atoms with Crippen LogP contribution >= 0.6 is 0 Å². The summed E-state index contributed by atoms with van der Waals surface area (Å²) < 4.78 is 13.3. The first-order chi connectivity index (χ1) is 14.7. The highest BCUT2D eigenvalue weighted by atomic mass is 16.6. The average Bonchev–Trinajstić information content (AvgIpc) is 3.40. The van der Waals surface area contributed by atoms with Crippen LogP contribution in [0.25, 0.3) is 11.0 Å². The molecular weight excluding hydrogens is 398 g/mol. The summed E-state index contributed by atoms with van der Waals surface area (Å²) in [5, 5.41) is 8.17. The molecule has 1 saturated heterocycles. The molecule has 0 aliphatic carbocycles. The van der Waals surface area contributed by atoms with Crippen molar-refractivity contribution in [1.82, 2.24) is 29.6 Å². The van der Waals surface area contributed by atoms with Gasteiger partial charge in [0.1, 0.15) is 11.2 Å². The summed E-state index contributed by atoms with van der Waals surface area (Å²) in [5.41, 5.74) is 2.01. The second-order valence-corrected chi connectivity index (χ2v) is 8.97. The first-order valence-electron chi connectivity index (χ1n) is 10.4. The van der Waals surface area contributed by atoms with Gasteiger partial charge in [0.15, 0.2) is 0 Å². The summed E-state index contributed by atoms with van der Waals surface area (Å²) in [4.78, 5) is 26.4. The molecule has 0 radical (unpaired) electrons. The molecule has 0 saturated carbocycles. The number of carbonyl (C=O) groups excluding carboxylic acids is 1.